The Balaban J connectivity index is 2.79. The van der Waals surface area contributed by atoms with E-state index in [2.05, 4.69) is 34.6 Å². The molecule has 0 radical (unpaired) electrons. The van der Waals surface area contributed by atoms with E-state index in [1.807, 2.05) is 0 Å². The number of carbonyl (C=O) groups excluding carboxylic acids is 1. The van der Waals surface area contributed by atoms with Crippen LogP contribution in [0.3, 0.4) is 0 Å². The van der Waals surface area contributed by atoms with Crippen LogP contribution < -0.4 is 0 Å². The topological polar surface area (TPSA) is 17.1 Å². The molecule has 0 heterocycles. The zero-order chi connectivity index (χ0) is 11.7. The Hall–Kier alpha value is -0.330. The average Bonchev–Trinajstić information content (AvgIpc) is 2.11. The van der Waals surface area contributed by atoms with Crippen LogP contribution in [0, 0.1) is 16.7 Å². The molecule has 1 rings (SSSR count). The molecular weight excluding hydrogens is 184 g/mol. The summed E-state index contributed by atoms with van der Waals surface area (Å²) in [6, 6.07) is 0. The molecule has 0 saturated heterocycles. The van der Waals surface area contributed by atoms with Gasteiger partial charge in [0.25, 0.3) is 0 Å². The highest BCUT2D eigenvalue weighted by atomic mass is 16.1. The average molecular weight is 210 g/mol. The quantitative estimate of drug-likeness (QED) is 0.682. The summed E-state index contributed by atoms with van der Waals surface area (Å²) in [4.78, 5) is 12.1. The van der Waals surface area contributed by atoms with Crippen LogP contribution in [0.2, 0.25) is 0 Å². The summed E-state index contributed by atoms with van der Waals surface area (Å²) in [7, 11) is 0. The first kappa shape index (κ1) is 12.7. The van der Waals surface area contributed by atoms with Crippen LogP contribution in [0.5, 0.6) is 0 Å². The predicted molar refractivity (Wildman–Crippen MR) is 64.8 cm³/mol. The summed E-state index contributed by atoms with van der Waals surface area (Å²) < 4.78 is 0. The Morgan fingerprint density at radius 3 is 2.33 bits per heavy atom. The van der Waals surface area contributed by atoms with Gasteiger partial charge in [-0.1, -0.05) is 41.0 Å². The summed E-state index contributed by atoms with van der Waals surface area (Å²) in [6.07, 6.45) is 5.33. The molecule has 1 aliphatic rings. The van der Waals surface area contributed by atoms with Crippen LogP contribution >= 0.6 is 0 Å². The molecule has 1 unspecified atom stereocenters. The second kappa shape index (κ2) is 4.27. The molecule has 15 heavy (non-hydrogen) atoms. The Morgan fingerprint density at radius 1 is 1.27 bits per heavy atom. The summed E-state index contributed by atoms with van der Waals surface area (Å²) >= 11 is 0. The number of rotatable bonds is 3. The fourth-order valence-electron chi connectivity index (χ4n) is 2.68. The third-order valence-corrected chi connectivity index (χ3v) is 4.54. The van der Waals surface area contributed by atoms with Crippen molar-refractivity contribution in [3.05, 3.63) is 0 Å². The van der Waals surface area contributed by atoms with Crippen LogP contribution in [0.4, 0.5) is 0 Å². The van der Waals surface area contributed by atoms with Crippen molar-refractivity contribution in [1.82, 2.24) is 0 Å². The molecule has 0 aromatic rings. The first-order valence-corrected chi connectivity index (χ1v) is 6.33. The van der Waals surface area contributed by atoms with Gasteiger partial charge in [0.15, 0.2) is 0 Å². The molecule has 1 nitrogen and oxygen atoms in total. The van der Waals surface area contributed by atoms with E-state index in [4.69, 9.17) is 0 Å². The van der Waals surface area contributed by atoms with Crippen molar-refractivity contribution in [3.8, 4) is 0 Å². The minimum absolute atomic E-state index is 0.0739. The number of carbonyl (C=O) groups is 1. The van der Waals surface area contributed by atoms with Crippen molar-refractivity contribution >= 4 is 5.78 Å². The third-order valence-electron chi connectivity index (χ3n) is 4.54. The van der Waals surface area contributed by atoms with Crippen molar-refractivity contribution in [2.45, 2.75) is 66.7 Å². The maximum atomic E-state index is 12.1. The molecule has 0 amide bonds. The number of hydrogen-bond donors (Lipinski definition) is 0. The van der Waals surface area contributed by atoms with Gasteiger partial charge in [0, 0.05) is 11.8 Å². The molecule has 0 aromatic heterocycles. The van der Waals surface area contributed by atoms with E-state index in [-0.39, 0.29) is 10.8 Å². The summed E-state index contributed by atoms with van der Waals surface area (Å²) in [6.45, 7) is 11.2. The highest BCUT2D eigenvalue weighted by Crippen LogP contribution is 2.51. The van der Waals surface area contributed by atoms with Crippen LogP contribution in [0.25, 0.3) is 0 Å². The van der Waals surface area contributed by atoms with Gasteiger partial charge in [0.05, 0.1) is 0 Å². The molecular formula is C14H26O. The van der Waals surface area contributed by atoms with Crippen LogP contribution in [0.1, 0.15) is 66.7 Å². The lowest BCUT2D eigenvalue weighted by Crippen LogP contribution is -2.45. The first-order valence-electron chi connectivity index (χ1n) is 6.33. The molecule has 0 aliphatic heterocycles. The molecule has 1 aliphatic carbocycles. The zero-order valence-electron chi connectivity index (χ0n) is 11.0. The van der Waals surface area contributed by atoms with Gasteiger partial charge in [-0.2, -0.15) is 0 Å². The van der Waals surface area contributed by atoms with E-state index in [1.165, 1.54) is 12.8 Å². The molecule has 1 fully saturated rings. The molecule has 1 atom stereocenters. The van der Waals surface area contributed by atoms with Gasteiger partial charge in [0.1, 0.15) is 5.78 Å². The molecule has 0 bridgehead atoms. The van der Waals surface area contributed by atoms with Crippen molar-refractivity contribution in [2.75, 3.05) is 0 Å². The predicted octanol–water partition coefficient (Wildman–Crippen LogP) is 4.21. The molecule has 0 aromatic carbocycles. The maximum absolute atomic E-state index is 12.1. The van der Waals surface area contributed by atoms with Crippen LogP contribution in [-0.2, 0) is 4.79 Å². The minimum atomic E-state index is -0.0739. The van der Waals surface area contributed by atoms with Crippen molar-refractivity contribution in [3.63, 3.8) is 0 Å². The number of hydrogen-bond acceptors (Lipinski definition) is 1. The standard InChI is InChI=1S/C14H26O/c1-11(2)8-10-14(5)12(15)7-6-9-13(14,3)4/h11H,6-10H2,1-5H3. The van der Waals surface area contributed by atoms with E-state index in [0.29, 0.717) is 11.7 Å². The van der Waals surface area contributed by atoms with Crippen molar-refractivity contribution < 1.29 is 4.79 Å². The van der Waals surface area contributed by atoms with Gasteiger partial charge in [0.2, 0.25) is 0 Å². The second-order valence-corrected chi connectivity index (χ2v) is 6.43. The van der Waals surface area contributed by atoms with E-state index < -0.39 is 0 Å². The van der Waals surface area contributed by atoms with E-state index >= 15 is 0 Å². The molecule has 1 heteroatoms. The number of ketones is 1. The Labute approximate surface area is 94.6 Å². The fourth-order valence-corrected chi connectivity index (χ4v) is 2.68. The second-order valence-electron chi connectivity index (χ2n) is 6.43. The van der Waals surface area contributed by atoms with Gasteiger partial charge in [-0.05, 0) is 30.6 Å². The third kappa shape index (κ3) is 2.43. The smallest absolute Gasteiger partial charge is 0.139 e. The van der Waals surface area contributed by atoms with Gasteiger partial charge in [-0.15, -0.1) is 0 Å². The van der Waals surface area contributed by atoms with Crippen molar-refractivity contribution in [2.24, 2.45) is 16.7 Å². The molecule has 88 valence electrons. The summed E-state index contributed by atoms with van der Waals surface area (Å²) in [5.41, 5.74) is 0.118. The SMILES string of the molecule is CC(C)CCC1(C)C(=O)CCCC1(C)C. The minimum Gasteiger partial charge on any atom is -0.299 e. The lowest BCUT2D eigenvalue weighted by Gasteiger charge is -2.47. The maximum Gasteiger partial charge on any atom is 0.139 e. The number of Topliss-reactive ketones (excluding diaryl/α,β-unsaturated/α-hetero) is 1. The highest BCUT2D eigenvalue weighted by molar-refractivity contribution is 5.86. The van der Waals surface area contributed by atoms with Gasteiger partial charge in [-0.25, -0.2) is 0 Å². The monoisotopic (exact) mass is 210 g/mol. The van der Waals surface area contributed by atoms with Gasteiger partial charge in [-0.3, -0.25) is 4.79 Å². The van der Waals surface area contributed by atoms with Gasteiger partial charge < -0.3 is 0 Å². The first-order chi connectivity index (χ1) is 6.79. The molecule has 0 spiro atoms. The lowest BCUT2D eigenvalue weighted by molar-refractivity contribution is -0.140. The normalized spacial score (nSPS) is 30.9. The molecule has 1 saturated carbocycles. The van der Waals surface area contributed by atoms with E-state index in [1.54, 1.807) is 0 Å². The van der Waals surface area contributed by atoms with E-state index in [0.717, 1.165) is 19.3 Å². The Bertz CT molecular complexity index is 240. The summed E-state index contributed by atoms with van der Waals surface area (Å²) in [5, 5.41) is 0. The van der Waals surface area contributed by atoms with E-state index in [9.17, 15) is 4.79 Å². The zero-order valence-corrected chi connectivity index (χ0v) is 11.0. The van der Waals surface area contributed by atoms with Gasteiger partial charge >= 0.3 is 0 Å². The van der Waals surface area contributed by atoms with Crippen molar-refractivity contribution in [1.29, 1.82) is 0 Å². The Kier molecular flexibility index (Phi) is 3.63. The lowest BCUT2D eigenvalue weighted by atomic mass is 9.56. The largest absolute Gasteiger partial charge is 0.299 e. The van der Waals surface area contributed by atoms with Crippen LogP contribution in [0.15, 0.2) is 0 Å². The fraction of sp³-hybridized carbons (Fsp3) is 0.929. The summed E-state index contributed by atoms with van der Waals surface area (Å²) in [5.74, 6) is 1.20. The molecule has 0 N–H and O–H groups in total. The Morgan fingerprint density at radius 2 is 1.87 bits per heavy atom. The van der Waals surface area contributed by atoms with Crippen LogP contribution in [-0.4, -0.2) is 5.78 Å². The highest BCUT2D eigenvalue weighted by Gasteiger charge is 2.47.